The van der Waals surface area contributed by atoms with Gasteiger partial charge in [-0.05, 0) is 24.3 Å². The van der Waals surface area contributed by atoms with Crippen molar-refractivity contribution in [1.82, 2.24) is 24.3 Å². The van der Waals surface area contributed by atoms with E-state index >= 15 is 0 Å². The molecule has 1 aliphatic heterocycles. The molecular weight excluding hydrogens is 582 g/mol. The summed E-state index contributed by atoms with van der Waals surface area (Å²) in [6.07, 6.45) is 6.54. The highest BCUT2D eigenvalue weighted by molar-refractivity contribution is 8.09. The summed E-state index contributed by atoms with van der Waals surface area (Å²) in [6.45, 7) is 2.62. The lowest BCUT2D eigenvalue weighted by atomic mass is 10.2. The number of aromatic nitrogens is 5. The van der Waals surface area contributed by atoms with Crippen LogP contribution in [-0.4, -0.2) is 80.0 Å². The highest BCUT2D eigenvalue weighted by Gasteiger charge is 2.28. The first kappa shape index (κ1) is 27.8. The number of para-hydroxylation sites is 1. The van der Waals surface area contributed by atoms with Gasteiger partial charge >= 0.3 is 0 Å². The molecule has 1 aromatic carbocycles. The van der Waals surface area contributed by atoms with E-state index in [0.717, 1.165) is 23.4 Å². The second-order valence-corrected chi connectivity index (χ2v) is 13.6. The molecule has 1 aliphatic rings. The van der Waals surface area contributed by atoms with Crippen molar-refractivity contribution >= 4 is 48.2 Å². The fourth-order valence-corrected chi connectivity index (χ4v) is 7.66. The van der Waals surface area contributed by atoms with Crippen LogP contribution in [0.5, 0.6) is 5.88 Å². The molecule has 15 heteroatoms. The van der Waals surface area contributed by atoms with Crippen LogP contribution in [0.4, 0.5) is 11.6 Å². The molecule has 5 heterocycles. The third-order valence-corrected chi connectivity index (χ3v) is 9.81. The molecule has 0 aliphatic carbocycles. The molecule has 6 rings (SSSR count). The number of pyridine rings is 2. The Morgan fingerprint density at radius 1 is 0.905 bits per heavy atom. The summed E-state index contributed by atoms with van der Waals surface area (Å²) in [5.41, 5.74) is 3.25. The second kappa shape index (κ2) is 10.8. The fourth-order valence-electron chi connectivity index (χ4n) is 4.80. The number of ether oxygens (including phenoxy) is 2. The Balaban J connectivity index is 1.37. The van der Waals surface area contributed by atoms with Gasteiger partial charge in [0.15, 0.2) is 17.3 Å². The molecule has 5 aromatic rings. The molecule has 218 valence electrons. The molecule has 4 aromatic heterocycles. The van der Waals surface area contributed by atoms with Crippen LogP contribution in [0.1, 0.15) is 5.69 Å². The van der Waals surface area contributed by atoms with Gasteiger partial charge in [0, 0.05) is 42.5 Å². The number of fused-ring (bicyclic) bond motifs is 2. The molecule has 0 unspecified atom stereocenters. The number of sulfonamides is 2. The molecule has 1 saturated heterocycles. The number of morpholine rings is 1. The maximum atomic E-state index is 12.2. The van der Waals surface area contributed by atoms with E-state index in [0.29, 0.717) is 64.3 Å². The summed E-state index contributed by atoms with van der Waals surface area (Å²) in [7, 11) is -8.25. The van der Waals surface area contributed by atoms with Crippen molar-refractivity contribution in [3.8, 4) is 17.1 Å². The Hall–Kier alpha value is -4.34. The number of anilines is 2. The van der Waals surface area contributed by atoms with Crippen LogP contribution in [0.25, 0.3) is 27.8 Å². The maximum absolute atomic E-state index is 12.2. The summed E-state index contributed by atoms with van der Waals surface area (Å²) < 4.78 is 62.4. The van der Waals surface area contributed by atoms with E-state index in [1.807, 2.05) is 47.0 Å². The SMILES string of the molecule is CS(=O)(=O)N(c1ccc(-c2cnc(N3CCOCC3)c3nc(COc4ccc5ccccc5n4)cn23)cn1)S(C)(=O)=O. The molecule has 0 spiro atoms. The Morgan fingerprint density at radius 2 is 1.67 bits per heavy atom. The van der Waals surface area contributed by atoms with Gasteiger partial charge in [-0.1, -0.05) is 18.2 Å². The highest BCUT2D eigenvalue weighted by atomic mass is 32.3. The first-order chi connectivity index (χ1) is 20.1. The Bertz CT molecular complexity index is 1960. The first-order valence-corrected chi connectivity index (χ1v) is 16.6. The van der Waals surface area contributed by atoms with Crippen LogP contribution in [0.3, 0.4) is 0 Å². The smallest absolute Gasteiger partial charge is 0.246 e. The molecule has 0 bridgehead atoms. The van der Waals surface area contributed by atoms with Crippen molar-refractivity contribution in [2.75, 3.05) is 47.4 Å². The maximum Gasteiger partial charge on any atom is 0.246 e. The predicted molar refractivity (Wildman–Crippen MR) is 157 cm³/mol. The van der Waals surface area contributed by atoms with Crippen molar-refractivity contribution < 1.29 is 26.3 Å². The minimum Gasteiger partial charge on any atom is -0.471 e. The van der Waals surface area contributed by atoms with Crippen molar-refractivity contribution in [2.24, 2.45) is 0 Å². The third kappa shape index (κ3) is 5.57. The van der Waals surface area contributed by atoms with E-state index in [9.17, 15) is 16.8 Å². The van der Waals surface area contributed by atoms with Gasteiger partial charge in [-0.15, -0.1) is 3.71 Å². The molecule has 0 saturated carbocycles. The lowest BCUT2D eigenvalue weighted by molar-refractivity contribution is 0.122. The van der Waals surface area contributed by atoms with Crippen LogP contribution < -0.4 is 13.3 Å². The standard InChI is InChI=1S/C27H27N7O6S2/c1-41(35,36)34(42(2,37)38)24-9-7-20(15-28-24)23-16-29-26(32-11-13-39-14-12-32)27-30-21(17-33(23)27)18-40-25-10-8-19-5-3-4-6-22(19)31-25/h3-10,15-17H,11-14,18H2,1-2H3. The summed E-state index contributed by atoms with van der Waals surface area (Å²) in [6, 6.07) is 14.5. The van der Waals surface area contributed by atoms with Crippen LogP contribution in [0.2, 0.25) is 0 Å². The zero-order valence-corrected chi connectivity index (χ0v) is 24.4. The Labute approximate surface area is 242 Å². The van der Waals surface area contributed by atoms with E-state index in [1.165, 1.54) is 12.3 Å². The molecule has 42 heavy (non-hydrogen) atoms. The van der Waals surface area contributed by atoms with Gasteiger partial charge < -0.3 is 14.4 Å². The number of hydrogen-bond donors (Lipinski definition) is 0. The van der Waals surface area contributed by atoms with Gasteiger partial charge in [0.2, 0.25) is 25.9 Å². The largest absolute Gasteiger partial charge is 0.471 e. The number of imidazole rings is 1. The molecular formula is C27H27N7O6S2. The molecule has 0 amide bonds. The summed E-state index contributed by atoms with van der Waals surface area (Å²) in [5, 5.41) is 1.01. The lowest BCUT2D eigenvalue weighted by Gasteiger charge is -2.28. The topological polar surface area (TPSA) is 149 Å². The third-order valence-electron chi connectivity index (χ3n) is 6.61. The zero-order chi connectivity index (χ0) is 29.5. The number of nitrogens with zero attached hydrogens (tertiary/aromatic N) is 7. The second-order valence-electron chi connectivity index (χ2n) is 9.75. The number of benzene rings is 1. The van der Waals surface area contributed by atoms with Gasteiger partial charge in [0.1, 0.15) is 6.61 Å². The Morgan fingerprint density at radius 3 is 2.38 bits per heavy atom. The van der Waals surface area contributed by atoms with Gasteiger partial charge in [-0.2, -0.15) is 0 Å². The number of rotatable bonds is 8. The van der Waals surface area contributed by atoms with Crippen LogP contribution >= 0.6 is 0 Å². The first-order valence-electron chi connectivity index (χ1n) is 12.9. The van der Waals surface area contributed by atoms with E-state index < -0.39 is 20.0 Å². The average Bonchev–Trinajstić information content (AvgIpc) is 3.39. The van der Waals surface area contributed by atoms with Crippen molar-refractivity contribution in [3.05, 3.63) is 72.8 Å². The van der Waals surface area contributed by atoms with E-state index in [1.54, 1.807) is 12.3 Å². The minimum absolute atomic E-state index is 0.157. The van der Waals surface area contributed by atoms with Crippen LogP contribution in [-0.2, 0) is 31.4 Å². The predicted octanol–water partition coefficient (Wildman–Crippen LogP) is 2.48. The van der Waals surface area contributed by atoms with Gasteiger partial charge in [0.05, 0.1) is 48.8 Å². The molecule has 0 N–H and O–H groups in total. The van der Waals surface area contributed by atoms with Crippen LogP contribution in [0, 0.1) is 0 Å². The monoisotopic (exact) mass is 609 g/mol. The van der Waals surface area contributed by atoms with Gasteiger partial charge in [0.25, 0.3) is 0 Å². The normalized spacial score (nSPS) is 14.4. The van der Waals surface area contributed by atoms with Crippen molar-refractivity contribution in [3.63, 3.8) is 0 Å². The lowest BCUT2D eigenvalue weighted by Crippen LogP contribution is -2.37. The van der Waals surface area contributed by atoms with Crippen LogP contribution in [0.15, 0.2) is 67.1 Å². The average molecular weight is 610 g/mol. The molecule has 1 fully saturated rings. The van der Waals surface area contributed by atoms with E-state index in [2.05, 4.69) is 14.9 Å². The summed E-state index contributed by atoms with van der Waals surface area (Å²) in [4.78, 5) is 20.4. The van der Waals surface area contributed by atoms with E-state index in [-0.39, 0.29) is 12.4 Å². The molecule has 0 radical (unpaired) electrons. The number of hydrogen-bond acceptors (Lipinski definition) is 11. The van der Waals surface area contributed by atoms with Crippen molar-refractivity contribution in [2.45, 2.75) is 6.61 Å². The quantitative estimate of drug-likeness (QED) is 0.255. The summed E-state index contributed by atoms with van der Waals surface area (Å²) in [5.74, 6) is 0.918. The van der Waals surface area contributed by atoms with Crippen molar-refractivity contribution in [1.29, 1.82) is 0 Å². The zero-order valence-electron chi connectivity index (χ0n) is 22.8. The Kier molecular flexibility index (Phi) is 7.16. The van der Waals surface area contributed by atoms with Gasteiger partial charge in [-0.25, -0.2) is 36.8 Å². The van der Waals surface area contributed by atoms with Gasteiger partial charge in [-0.3, -0.25) is 4.40 Å². The minimum atomic E-state index is -4.12. The molecule has 0 atom stereocenters. The van der Waals surface area contributed by atoms with E-state index in [4.69, 9.17) is 19.4 Å². The summed E-state index contributed by atoms with van der Waals surface area (Å²) >= 11 is 0. The fraction of sp³-hybridized carbons (Fsp3) is 0.259. The molecule has 13 nitrogen and oxygen atoms in total. The highest BCUT2D eigenvalue weighted by Crippen LogP contribution is 2.29.